The molecular weight excluding hydrogens is 535 g/mol. The van der Waals surface area contributed by atoms with E-state index in [4.69, 9.17) is 46.3 Å². The Hall–Kier alpha value is -0.826. The van der Waals surface area contributed by atoms with Crippen molar-refractivity contribution in [3.05, 3.63) is 0 Å². The maximum atomic E-state index is 11.4. The molecule has 204 valence electrons. The van der Waals surface area contributed by atoms with E-state index in [0.29, 0.717) is 26.4 Å². The molecule has 0 rings (SSSR count). The molecule has 0 N–H and O–H groups in total. The Morgan fingerprint density at radius 2 is 0.943 bits per heavy atom. The molecule has 0 saturated heterocycles. The quantitative estimate of drug-likeness (QED) is 0.0802. The van der Waals surface area contributed by atoms with E-state index in [1.165, 1.54) is 0 Å². The lowest BCUT2D eigenvalue weighted by Crippen LogP contribution is -2.44. The van der Waals surface area contributed by atoms with E-state index in [2.05, 4.69) is 26.2 Å². The van der Waals surface area contributed by atoms with Crippen LogP contribution < -0.4 is 0 Å². The predicted molar refractivity (Wildman–Crippen MR) is 139 cm³/mol. The first kappa shape index (κ1) is 34.2. The highest BCUT2D eigenvalue weighted by Gasteiger charge is 2.32. The Balaban J connectivity index is 3.83. The van der Waals surface area contributed by atoms with E-state index >= 15 is 0 Å². The van der Waals surface area contributed by atoms with Gasteiger partial charge in [0.05, 0.1) is 26.1 Å². The number of halogens is 2. The van der Waals surface area contributed by atoms with Crippen LogP contribution >= 0.6 is 23.2 Å². The molecule has 0 saturated carbocycles. The van der Waals surface area contributed by atoms with Gasteiger partial charge in [-0.05, 0) is 74.3 Å². The van der Waals surface area contributed by atoms with Crippen LogP contribution in [-0.2, 0) is 42.2 Å². The Kier molecular flexibility index (Phi) is 18.9. The van der Waals surface area contributed by atoms with Crippen molar-refractivity contribution in [3.8, 4) is 0 Å². The van der Waals surface area contributed by atoms with Crippen LogP contribution in [0.25, 0.3) is 0 Å². The molecule has 35 heavy (non-hydrogen) atoms. The summed E-state index contributed by atoms with van der Waals surface area (Å²) in [6, 6.07) is 1.94. The molecule has 0 aromatic heterocycles. The zero-order valence-electron chi connectivity index (χ0n) is 21.3. The summed E-state index contributed by atoms with van der Waals surface area (Å²) in [6.45, 7) is 10.9. The lowest BCUT2D eigenvalue weighted by atomic mass is 10.3. The van der Waals surface area contributed by atoms with Crippen LogP contribution in [0.2, 0.25) is 38.3 Å². The number of hydrogen-bond acceptors (Lipinski definition) is 9. The van der Waals surface area contributed by atoms with Gasteiger partial charge in [0.25, 0.3) is 0 Å². The molecule has 0 amide bonds. The average Bonchev–Trinajstić information content (AvgIpc) is 2.74. The lowest BCUT2D eigenvalue weighted by Gasteiger charge is -2.34. The van der Waals surface area contributed by atoms with Gasteiger partial charge in [-0.3, -0.25) is 19.2 Å². The largest absolute Gasteiger partial charge is 0.463 e. The van der Waals surface area contributed by atoms with Crippen LogP contribution in [0.1, 0.15) is 38.5 Å². The van der Waals surface area contributed by atoms with Crippen molar-refractivity contribution in [3.63, 3.8) is 0 Å². The Morgan fingerprint density at radius 3 is 1.29 bits per heavy atom. The molecule has 0 atom stereocenters. The van der Waals surface area contributed by atoms with E-state index in [-0.39, 0.29) is 38.9 Å². The Bertz CT molecular complexity index is 607. The van der Waals surface area contributed by atoms with E-state index in [1.807, 2.05) is 0 Å². The first-order valence-electron chi connectivity index (χ1n) is 11.9. The maximum absolute atomic E-state index is 11.4. The van der Waals surface area contributed by atoms with Gasteiger partial charge in [-0.25, -0.2) is 0 Å². The van der Waals surface area contributed by atoms with E-state index in [0.717, 1.165) is 24.9 Å². The summed E-state index contributed by atoms with van der Waals surface area (Å²) in [7, 11) is -3.67. The van der Waals surface area contributed by atoms with Gasteiger partial charge in [0.15, 0.2) is 16.6 Å². The molecule has 0 spiro atoms. The van der Waals surface area contributed by atoms with Gasteiger partial charge < -0.3 is 23.1 Å². The van der Waals surface area contributed by atoms with E-state index in [9.17, 15) is 19.2 Å². The summed E-state index contributed by atoms with van der Waals surface area (Å²) >= 11 is 10.4. The molecule has 0 fully saturated rings. The summed E-state index contributed by atoms with van der Waals surface area (Å²) < 4.78 is 27.6. The lowest BCUT2D eigenvalue weighted by molar-refractivity contribution is -0.146. The summed E-state index contributed by atoms with van der Waals surface area (Å²) in [5.41, 5.74) is 0. The minimum Gasteiger partial charge on any atom is -0.463 e. The molecule has 0 aromatic carbocycles. The van der Waals surface area contributed by atoms with Gasteiger partial charge in [-0.1, -0.05) is 0 Å². The molecule has 0 unspecified atom stereocenters. The molecule has 0 aliphatic carbocycles. The molecule has 9 nitrogen and oxygen atoms in total. The van der Waals surface area contributed by atoms with Crippen LogP contribution in [0, 0.1) is 0 Å². The van der Waals surface area contributed by atoms with Crippen molar-refractivity contribution in [1.29, 1.82) is 0 Å². The van der Waals surface area contributed by atoms with Gasteiger partial charge in [-0.2, -0.15) is 0 Å². The summed E-state index contributed by atoms with van der Waals surface area (Å²) in [6.07, 6.45) is 1.68. The van der Waals surface area contributed by atoms with Gasteiger partial charge in [0.2, 0.25) is 10.5 Å². The fraction of sp³-hybridized carbons (Fsp3) is 0.818. The van der Waals surface area contributed by atoms with Crippen molar-refractivity contribution in [2.75, 3.05) is 39.6 Å². The summed E-state index contributed by atoms with van der Waals surface area (Å²) in [4.78, 5) is 44.0. The zero-order valence-corrected chi connectivity index (χ0v) is 24.8. The van der Waals surface area contributed by atoms with Crippen LogP contribution in [-0.4, -0.2) is 78.7 Å². The second kappa shape index (κ2) is 19.3. The van der Waals surface area contributed by atoms with Gasteiger partial charge >= 0.3 is 11.9 Å². The Labute approximate surface area is 220 Å². The van der Waals surface area contributed by atoms with Gasteiger partial charge in [-0.15, -0.1) is 0 Å². The predicted octanol–water partition coefficient (Wildman–Crippen LogP) is 4.40. The highest BCUT2D eigenvalue weighted by Crippen LogP contribution is 2.23. The molecule has 0 heterocycles. The number of rotatable bonds is 22. The minimum atomic E-state index is -1.84. The van der Waals surface area contributed by atoms with Gasteiger partial charge in [0.1, 0.15) is 13.2 Å². The monoisotopic (exact) mass is 574 g/mol. The third-order valence-electron chi connectivity index (χ3n) is 4.72. The van der Waals surface area contributed by atoms with E-state index < -0.39 is 39.1 Å². The Morgan fingerprint density at radius 1 is 0.571 bits per heavy atom. The van der Waals surface area contributed by atoms with Crippen LogP contribution in [0.15, 0.2) is 0 Å². The summed E-state index contributed by atoms with van der Waals surface area (Å²) in [5.74, 6) is -0.912. The number of ether oxygens (including phenoxy) is 4. The molecule has 0 radical (unpaired) electrons. The number of esters is 2. The van der Waals surface area contributed by atoms with E-state index in [1.54, 1.807) is 0 Å². The van der Waals surface area contributed by atoms with Crippen LogP contribution in [0.5, 0.6) is 0 Å². The summed E-state index contributed by atoms with van der Waals surface area (Å²) in [5, 5.41) is -1.11. The minimum absolute atomic E-state index is 0.0137. The van der Waals surface area contributed by atoms with Crippen molar-refractivity contribution in [2.24, 2.45) is 0 Å². The van der Waals surface area contributed by atoms with Crippen LogP contribution in [0.3, 0.4) is 0 Å². The number of carbonyl (C=O) groups is 4. The average molecular weight is 576 g/mol. The third kappa shape index (κ3) is 23.3. The van der Waals surface area contributed by atoms with Crippen molar-refractivity contribution >= 4 is 62.3 Å². The number of hydrogen-bond donors (Lipinski definition) is 0. The highest BCUT2D eigenvalue weighted by molar-refractivity contribution is 6.84. The smallest absolute Gasteiger partial charge is 0.306 e. The number of carbonyl (C=O) groups excluding carboxylic acids is 4. The molecular formula is C22H40Cl2O9Si2. The van der Waals surface area contributed by atoms with Crippen molar-refractivity contribution < 1.29 is 42.2 Å². The normalized spacial score (nSPS) is 11.8. The SMILES string of the molecule is C[Si](C)(CCCOCCOC(=O)CCC(=O)Cl)O[Si](C)(C)CCCOCCOC(=O)CCC(=O)Cl. The fourth-order valence-electron chi connectivity index (χ4n) is 3.23. The maximum Gasteiger partial charge on any atom is 0.306 e. The fourth-order valence-corrected chi connectivity index (χ4v) is 12.2. The van der Waals surface area contributed by atoms with Gasteiger partial charge in [0, 0.05) is 26.1 Å². The van der Waals surface area contributed by atoms with Crippen molar-refractivity contribution in [1.82, 2.24) is 0 Å². The zero-order chi connectivity index (χ0) is 26.7. The molecule has 0 aliphatic heterocycles. The second-order valence-corrected chi connectivity index (χ2v) is 18.9. The standard InChI is InChI=1S/C22H40Cl2O9Si2/c1-34(2,17-5-11-29-13-15-31-21(27)9-7-19(23)25)33-35(3,4)18-6-12-30-14-16-32-22(28)10-8-20(24)26/h5-18H2,1-4H3. The second-order valence-electron chi connectivity index (χ2n) is 9.20. The van der Waals surface area contributed by atoms with Crippen molar-refractivity contribution in [2.45, 2.75) is 76.8 Å². The van der Waals surface area contributed by atoms with Crippen LogP contribution in [0.4, 0.5) is 0 Å². The molecule has 0 aromatic rings. The molecule has 13 heteroatoms. The molecule has 0 aliphatic rings. The highest BCUT2D eigenvalue weighted by atomic mass is 35.5. The third-order valence-corrected chi connectivity index (χ3v) is 12.6. The topological polar surface area (TPSA) is 114 Å². The molecule has 0 bridgehead atoms. The first-order valence-corrected chi connectivity index (χ1v) is 18.9. The first-order chi connectivity index (χ1) is 16.3.